The minimum absolute atomic E-state index is 0.0419. The van der Waals surface area contributed by atoms with Crippen molar-refractivity contribution in [3.8, 4) is 0 Å². The fraction of sp³-hybridized carbons (Fsp3) is 0.308. The van der Waals surface area contributed by atoms with Crippen LogP contribution in [0, 0.1) is 0 Å². The molecular formula is C26H29N3O3. The molecule has 2 N–H and O–H groups in total. The summed E-state index contributed by atoms with van der Waals surface area (Å²) in [6, 6.07) is 22.0. The first-order valence-electron chi connectivity index (χ1n) is 11.1. The van der Waals surface area contributed by atoms with Gasteiger partial charge in [-0.25, -0.2) is 0 Å². The highest BCUT2D eigenvalue weighted by molar-refractivity contribution is 5.91. The summed E-state index contributed by atoms with van der Waals surface area (Å²) in [5.74, 6) is -0.375. The Morgan fingerprint density at radius 1 is 0.938 bits per heavy atom. The van der Waals surface area contributed by atoms with Crippen LogP contribution in [0.1, 0.15) is 24.1 Å². The van der Waals surface area contributed by atoms with Gasteiger partial charge in [-0.2, -0.15) is 0 Å². The van der Waals surface area contributed by atoms with Crippen molar-refractivity contribution in [1.29, 1.82) is 0 Å². The van der Waals surface area contributed by atoms with Crippen LogP contribution in [0.4, 0.5) is 5.69 Å². The third-order valence-electron chi connectivity index (χ3n) is 5.82. The second-order valence-electron chi connectivity index (χ2n) is 8.07. The molecule has 0 saturated carbocycles. The van der Waals surface area contributed by atoms with E-state index in [0.717, 1.165) is 53.9 Å². The van der Waals surface area contributed by atoms with Crippen LogP contribution in [0.3, 0.4) is 0 Å². The van der Waals surface area contributed by atoms with Gasteiger partial charge in [-0.15, -0.1) is 0 Å². The van der Waals surface area contributed by atoms with Crippen LogP contribution in [0.25, 0.3) is 10.8 Å². The summed E-state index contributed by atoms with van der Waals surface area (Å²) in [4.78, 5) is 27.1. The average molecular weight is 432 g/mol. The van der Waals surface area contributed by atoms with E-state index in [-0.39, 0.29) is 30.8 Å². The van der Waals surface area contributed by atoms with Crippen LogP contribution in [0.2, 0.25) is 0 Å². The van der Waals surface area contributed by atoms with Crippen molar-refractivity contribution in [3.63, 3.8) is 0 Å². The SMILES string of the molecule is CC(NC(=O)CNC(=O)Cc1cccc2ccccc12)c1ccc(N2CCOCC2)cc1. The van der Waals surface area contributed by atoms with E-state index in [1.54, 1.807) is 0 Å². The molecule has 3 aromatic rings. The van der Waals surface area contributed by atoms with Crippen LogP contribution in [0.15, 0.2) is 66.7 Å². The number of hydrogen-bond acceptors (Lipinski definition) is 4. The quantitative estimate of drug-likeness (QED) is 0.603. The number of nitrogens with one attached hydrogen (secondary N) is 2. The number of carbonyl (C=O) groups excluding carboxylic acids is 2. The van der Waals surface area contributed by atoms with E-state index in [0.29, 0.717) is 0 Å². The molecule has 1 unspecified atom stereocenters. The third kappa shape index (κ3) is 5.45. The Kier molecular flexibility index (Phi) is 7.02. The largest absolute Gasteiger partial charge is 0.378 e. The first-order chi connectivity index (χ1) is 15.6. The van der Waals surface area contributed by atoms with Gasteiger partial charge in [-0.05, 0) is 41.0 Å². The predicted octanol–water partition coefficient (Wildman–Crippen LogP) is 3.21. The van der Waals surface area contributed by atoms with E-state index < -0.39 is 0 Å². The summed E-state index contributed by atoms with van der Waals surface area (Å²) >= 11 is 0. The molecule has 1 aliphatic heterocycles. The van der Waals surface area contributed by atoms with Crippen molar-refractivity contribution in [1.82, 2.24) is 10.6 Å². The van der Waals surface area contributed by atoms with Gasteiger partial charge < -0.3 is 20.3 Å². The van der Waals surface area contributed by atoms with E-state index >= 15 is 0 Å². The lowest BCUT2D eigenvalue weighted by Crippen LogP contribution is -2.38. The second-order valence-corrected chi connectivity index (χ2v) is 8.07. The van der Waals surface area contributed by atoms with Gasteiger partial charge in [0.25, 0.3) is 0 Å². The van der Waals surface area contributed by atoms with Crippen molar-refractivity contribution in [2.75, 3.05) is 37.7 Å². The highest BCUT2D eigenvalue weighted by Crippen LogP contribution is 2.20. The summed E-state index contributed by atoms with van der Waals surface area (Å²) in [5.41, 5.74) is 3.14. The molecule has 0 radical (unpaired) electrons. The van der Waals surface area contributed by atoms with Crippen molar-refractivity contribution in [2.24, 2.45) is 0 Å². The minimum Gasteiger partial charge on any atom is -0.378 e. The molecule has 2 amide bonds. The topological polar surface area (TPSA) is 70.7 Å². The molecule has 0 spiro atoms. The molecule has 1 saturated heterocycles. The van der Waals surface area contributed by atoms with Crippen LogP contribution in [-0.2, 0) is 20.7 Å². The summed E-state index contributed by atoms with van der Waals surface area (Å²) in [7, 11) is 0. The highest BCUT2D eigenvalue weighted by Gasteiger charge is 2.14. The zero-order valence-electron chi connectivity index (χ0n) is 18.3. The maximum Gasteiger partial charge on any atom is 0.239 e. The molecule has 1 heterocycles. The highest BCUT2D eigenvalue weighted by atomic mass is 16.5. The molecule has 32 heavy (non-hydrogen) atoms. The van der Waals surface area contributed by atoms with E-state index in [2.05, 4.69) is 27.7 Å². The molecule has 1 atom stereocenters. The average Bonchev–Trinajstić information content (AvgIpc) is 2.84. The van der Waals surface area contributed by atoms with Gasteiger partial charge in [0.05, 0.1) is 32.2 Å². The molecule has 6 nitrogen and oxygen atoms in total. The first-order valence-corrected chi connectivity index (χ1v) is 11.1. The maximum atomic E-state index is 12.4. The van der Waals surface area contributed by atoms with Gasteiger partial charge in [0, 0.05) is 18.8 Å². The monoisotopic (exact) mass is 431 g/mol. The molecule has 0 bridgehead atoms. The Bertz CT molecular complexity index is 1070. The summed E-state index contributed by atoms with van der Waals surface area (Å²) in [6.45, 7) is 5.19. The number of anilines is 1. The lowest BCUT2D eigenvalue weighted by molar-refractivity contribution is -0.126. The number of rotatable bonds is 7. The van der Waals surface area contributed by atoms with Crippen molar-refractivity contribution in [2.45, 2.75) is 19.4 Å². The zero-order valence-corrected chi connectivity index (χ0v) is 18.3. The second kappa shape index (κ2) is 10.3. The number of nitrogens with zero attached hydrogens (tertiary/aromatic N) is 1. The molecule has 1 aliphatic rings. The molecule has 4 rings (SSSR count). The fourth-order valence-corrected chi connectivity index (χ4v) is 4.03. The van der Waals surface area contributed by atoms with Gasteiger partial charge in [0.1, 0.15) is 0 Å². The maximum absolute atomic E-state index is 12.4. The van der Waals surface area contributed by atoms with Crippen LogP contribution >= 0.6 is 0 Å². The minimum atomic E-state index is -0.207. The van der Waals surface area contributed by atoms with E-state index in [1.807, 2.05) is 61.5 Å². The Hall–Kier alpha value is -3.38. The smallest absolute Gasteiger partial charge is 0.239 e. The van der Waals surface area contributed by atoms with Crippen LogP contribution in [-0.4, -0.2) is 44.7 Å². The zero-order chi connectivity index (χ0) is 22.3. The van der Waals surface area contributed by atoms with Gasteiger partial charge in [-0.3, -0.25) is 9.59 Å². The Morgan fingerprint density at radius 2 is 1.66 bits per heavy atom. The molecule has 0 aliphatic carbocycles. The standard InChI is InChI=1S/C26H29N3O3/c1-19(20-9-11-23(12-10-20)29-13-15-32-16-14-29)28-26(31)18-27-25(30)17-22-7-4-6-21-5-2-3-8-24(21)22/h2-12,19H,13-18H2,1H3,(H,27,30)(H,28,31). The first kappa shape index (κ1) is 21.8. The molecule has 6 heteroatoms. The van der Waals surface area contributed by atoms with E-state index in [1.165, 1.54) is 0 Å². The molecule has 3 aromatic carbocycles. The predicted molar refractivity (Wildman–Crippen MR) is 127 cm³/mol. The lowest BCUT2D eigenvalue weighted by atomic mass is 10.0. The third-order valence-corrected chi connectivity index (χ3v) is 5.82. The normalized spacial score (nSPS) is 14.7. The Balaban J connectivity index is 1.26. The number of fused-ring (bicyclic) bond motifs is 1. The lowest BCUT2D eigenvalue weighted by Gasteiger charge is -2.29. The number of benzene rings is 3. The number of ether oxygens (including phenoxy) is 1. The number of amides is 2. The van der Waals surface area contributed by atoms with E-state index in [9.17, 15) is 9.59 Å². The molecular weight excluding hydrogens is 402 g/mol. The van der Waals surface area contributed by atoms with Crippen molar-refractivity contribution in [3.05, 3.63) is 77.9 Å². The van der Waals surface area contributed by atoms with Gasteiger partial charge >= 0.3 is 0 Å². The van der Waals surface area contributed by atoms with E-state index in [4.69, 9.17) is 4.74 Å². The molecule has 166 valence electrons. The molecule has 1 fully saturated rings. The Labute approximate surface area is 188 Å². The van der Waals surface area contributed by atoms with Gasteiger partial charge in [0.2, 0.25) is 11.8 Å². The summed E-state index contributed by atoms with van der Waals surface area (Å²) < 4.78 is 5.40. The summed E-state index contributed by atoms with van der Waals surface area (Å²) in [5, 5.41) is 7.85. The molecule has 0 aromatic heterocycles. The number of carbonyl (C=O) groups is 2. The summed E-state index contributed by atoms with van der Waals surface area (Å²) in [6.07, 6.45) is 0.243. The van der Waals surface area contributed by atoms with Crippen molar-refractivity contribution >= 4 is 28.3 Å². The van der Waals surface area contributed by atoms with Crippen LogP contribution < -0.4 is 15.5 Å². The van der Waals surface area contributed by atoms with Gasteiger partial charge in [-0.1, -0.05) is 54.6 Å². The van der Waals surface area contributed by atoms with Crippen molar-refractivity contribution < 1.29 is 14.3 Å². The Morgan fingerprint density at radius 3 is 2.44 bits per heavy atom. The van der Waals surface area contributed by atoms with Gasteiger partial charge in [0.15, 0.2) is 0 Å². The fourth-order valence-electron chi connectivity index (χ4n) is 4.03. The number of morpholine rings is 1. The van der Waals surface area contributed by atoms with Crippen LogP contribution in [0.5, 0.6) is 0 Å². The number of hydrogen-bond donors (Lipinski definition) is 2.